The second-order valence-corrected chi connectivity index (χ2v) is 5.40. The summed E-state index contributed by atoms with van der Waals surface area (Å²) in [6, 6.07) is 9.53. The Kier molecular flexibility index (Phi) is 3.75. The highest BCUT2D eigenvalue weighted by Crippen LogP contribution is 2.19. The molecule has 0 radical (unpaired) electrons. The largest absolute Gasteiger partial charge is 0.479 e. The Labute approximate surface area is 126 Å². The summed E-state index contributed by atoms with van der Waals surface area (Å²) in [4.78, 5) is 5.54. The minimum atomic E-state index is 0.0674. The number of hydrogen-bond donors (Lipinski definition) is 1. The zero-order chi connectivity index (χ0) is 14.7. The second-order valence-electron chi connectivity index (χ2n) is 4.52. The van der Waals surface area contributed by atoms with E-state index in [1.807, 2.05) is 48.8 Å². The van der Waals surface area contributed by atoms with Crippen LogP contribution in [-0.2, 0) is 6.54 Å². The Balaban J connectivity index is 1.68. The molecule has 0 atom stereocenters. The van der Waals surface area contributed by atoms with Gasteiger partial charge in [0.1, 0.15) is 11.8 Å². The Morgan fingerprint density at radius 2 is 2.19 bits per heavy atom. The summed E-state index contributed by atoms with van der Waals surface area (Å²) in [5.74, 6) is 0.697. The van der Waals surface area contributed by atoms with E-state index in [2.05, 4.69) is 14.7 Å². The molecule has 2 aromatic heterocycles. The maximum absolute atomic E-state index is 8.47. The van der Waals surface area contributed by atoms with Crippen LogP contribution in [-0.4, -0.2) is 16.0 Å². The number of nitrogens with one attached hydrogen (secondary N) is 1. The van der Waals surface area contributed by atoms with Gasteiger partial charge >= 0.3 is 0 Å². The van der Waals surface area contributed by atoms with Gasteiger partial charge in [0.2, 0.25) is 0 Å². The van der Waals surface area contributed by atoms with Crippen LogP contribution in [0.4, 0.5) is 5.69 Å². The van der Waals surface area contributed by atoms with Gasteiger partial charge in [-0.25, -0.2) is 4.98 Å². The van der Waals surface area contributed by atoms with E-state index in [0.29, 0.717) is 12.3 Å². The molecule has 1 aromatic carbocycles. The van der Waals surface area contributed by atoms with Crippen LogP contribution >= 0.6 is 11.3 Å². The van der Waals surface area contributed by atoms with E-state index in [1.165, 1.54) is 0 Å². The van der Waals surface area contributed by atoms with Gasteiger partial charge in [0.15, 0.2) is 11.6 Å². The number of rotatable bonds is 5. The third kappa shape index (κ3) is 2.83. The fraction of sp³-hybridized carbons (Fsp3) is 0.200. The first kappa shape index (κ1) is 13.5. The zero-order valence-electron chi connectivity index (χ0n) is 11.5. The van der Waals surface area contributed by atoms with Crippen molar-refractivity contribution in [3.05, 3.63) is 47.2 Å². The number of fused-ring (bicyclic) bond motifs is 1. The third-order valence-corrected chi connectivity index (χ3v) is 3.94. The lowest BCUT2D eigenvalue weighted by Crippen LogP contribution is -2.03. The monoisotopic (exact) mass is 298 g/mol. The Hall–Kier alpha value is -2.52. The molecule has 0 unspecified atom stereocenters. The van der Waals surface area contributed by atoms with Gasteiger partial charge in [0, 0.05) is 17.3 Å². The van der Waals surface area contributed by atoms with Crippen LogP contribution in [0.2, 0.25) is 0 Å². The quantitative estimate of drug-likeness (QED) is 0.785. The van der Waals surface area contributed by atoms with E-state index >= 15 is 0 Å². The molecule has 106 valence electrons. The van der Waals surface area contributed by atoms with Crippen molar-refractivity contribution in [1.82, 2.24) is 9.38 Å². The minimum Gasteiger partial charge on any atom is -0.479 e. The van der Waals surface area contributed by atoms with Gasteiger partial charge in [-0.2, -0.15) is 5.26 Å². The van der Waals surface area contributed by atoms with Crippen molar-refractivity contribution in [1.29, 1.82) is 5.26 Å². The summed E-state index contributed by atoms with van der Waals surface area (Å²) >= 11 is 1.63. The number of hydrogen-bond acceptors (Lipinski definition) is 5. The number of nitrogens with zero attached hydrogens (tertiary/aromatic N) is 3. The molecule has 3 aromatic rings. The van der Waals surface area contributed by atoms with Gasteiger partial charge < -0.3 is 10.1 Å². The van der Waals surface area contributed by atoms with E-state index < -0.39 is 0 Å². The minimum absolute atomic E-state index is 0.0674. The molecule has 21 heavy (non-hydrogen) atoms. The lowest BCUT2D eigenvalue weighted by molar-refractivity contribution is 0.368. The molecule has 0 bridgehead atoms. The highest BCUT2D eigenvalue weighted by Gasteiger charge is 2.08. The average Bonchev–Trinajstić information content (AvgIpc) is 3.05. The molecule has 3 rings (SSSR count). The van der Waals surface area contributed by atoms with Crippen LogP contribution in [0.1, 0.15) is 11.4 Å². The molecule has 0 fully saturated rings. The van der Waals surface area contributed by atoms with Crippen LogP contribution in [0.15, 0.2) is 35.8 Å². The number of aromatic nitrogens is 2. The van der Waals surface area contributed by atoms with Crippen LogP contribution in [0, 0.1) is 18.3 Å². The molecule has 0 aliphatic carbocycles. The number of benzene rings is 1. The fourth-order valence-corrected chi connectivity index (χ4v) is 2.90. The van der Waals surface area contributed by atoms with E-state index in [9.17, 15) is 0 Å². The topological polar surface area (TPSA) is 62.4 Å². The normalized spacial score (nSPS) is 10.5. The number of thiazole rings is 1. The summed E-state index contributed by atoms with van der Waals surface area (Å²) in [5.41, 5.74) is 3.21. The molecule has 6 heteroatoms. The van der Waals surface area contributed by atoms with Crippen molar-refractivity contribution in [2.24, 2.45) is 0 Å². The second kappa shape index (κ2) is 5.85. The van der Waals surface area contributed by atoms with Crippen molar-refractivity contribution in [3.8, 4) is 11.8 Å². The molecular weight excluding hydrogens is 284 g/mol. The number of aryl methyl sites for hydroxylation is 1. The van der Waals surface area contributed by atoms with E-state index in [-0.39, 0.29) is 6.61 Å². The van der Waals surface area contributed by atoms with Gasteiger partial charge in [-0.05, 0) is 31.2 Å². The van der Waals surface area contributed by atoms with E-state index in [1.54, 1.807) is 11.3 Å². The molecule has 0 amide bonds. The van der Waals surface area contributed by atoms with Crippen LogP contribution in [0.5, 0.6) is 5.75 Å². The van der Waals surface area contributed by atoms with Gasteiger partial charge in [-0.3, -0.25) is 4.40 Å². The Bertz CT molecular complexity index is 782. The molecular formula is C15H14N4OS. The SMILES string of the molecule is Cc1nc2sccn2c1CNc1ccc(OCC#N)cc1. The number of nitriles is 1. The van der Waals surface area contributed by atoms with Crippen LogP contribution < -0.4 is 10.1 Å². The molecule has 0 saturated heterocycles. The van der Waals surface area contributed by atoms with Crippen molar-refractivity contribution in [2.45, 2.75) is 13.5 Å². The lowest BCUT2D eigenvalue weighted by atomic mass is 10.3. The van der Waals surface area contributed by atoms with Gasteiger partial charge in [0.05, 0.1) is 17.9 Å². The van der Waals surface area contributed by atoms with E-state index in [0.717, 1.165) is 22.0 Å². The highest BCUT2D eigenvalue weighted by atomic mass is 32.1. The van der Waals surface area contributed by atoms with Gasteiger partial charge in [-0.15, -0.1) is 11.3 Å². The third-order valence-electron chi connectivity index (χ3n) is 3.18. The molecule has 2 heterocycles. The van der Waals surface area contributed by atoms with Crippen molar-refractivity contribution in [3.63, 3.8) is 0 Å². The highest BCUT2D eigenvalue weighted by molar-refractivity contribution is 7.15. The fourth-order valence-electron chi connectivity index (χ4n) is 2.12. The molecule has 0 aliphatic rings. The Morgan fingerprint density at radius 3 is 2.95 bits per heavy atom. The van der Waals surface area contributed by atoms with E-state index in [4.69, 9.17) is 10.00 Å². The first-order valence-electron chi connectivity index (χ1n) is 6.52. The first-order chi connectivity index (χ1) is 10.3. The number of anilines is 1. The number of imidazole rings is 1. The average molecular weight is 298 g/mol. The standard InChI is InChI=1S/C15H14N4OS/c1-11-14(19-7-9-21-15(19)18-11)10-17-12-2-4-13(5-3-12)20-8-6-16/h2-5,7,9,17H,8,10H2,1H3. The molecule has 0 spiro atoms. The predicted molar refractivity (Wildman–Crippen MR) is 82.7 cm³/mol. The smallest absolute Gasteiger partial charge is 0.194 e. The number of ether oxygens (including phenoxy) is 1. The molecule has 5 nitrogen and oxygen atoms in total. The Morgan fingerprint density at radius 1 is 1.38 bits per heavy atom. The van der Waals surface area contributed by atoms with Crippen molar-refractivity contribution >= 4 is 22.0 Å². The summed E-state index contributed by atoms with van der Waals surface area (Å²) < 4.78 is 7.33. The van der Waals surface area contributed by atoms with Gasteiger partial charge in [0.25, 0.3) is 0 Å². The lowest BCUT2D eigenvalue weighted by Gasteiger charge is -2.08. The first-order valence-corrected chi connectivity index (χ1v) is 7.40. The van der Waals surface area contributed by atoms with Crippen LogP contribution in [0.3, 0.4) is 0 Å². The zero-order valence-corrected chi connectivity index (χ0v) is 12.4. The van der Waals surface area contributed by atoms with Gasteiger partial charge in [-0.1, -0.05) is 0 Å². The molecule has 0 aliphatic heterocycles. The van der Waals surface area contributed by atoms with Crippen molar-refractivity contribution in [2.75, 3.05) is 11.9 Å². The molecule has 0 saturated carbocycles. The predicted octanol–water partition coefficient (Wildman–Crippen LogP) is 3.22. The summed E-state index contributed by atoms with van der Waals surface area (Å²) in [7, 11) is 0. The maximum atomic E-state index is 8.47. The van der Waals surface area contributed by atoms with Crippen molar-refractivity contribution < 1.29 is 4.74 Å². The summed E-state index contributed by atoms with van der Waals surface area (Å²) in [6.07, 6.45) is 2.04. The molecule has 1 N–H and O–H groups in total. The maximum Gasteiger partial charge on any atom is 0.194 e. The summed E-state index contributed by atoms with van der Waals surface area (Å²) in [5, 5.41) is 13.9. The summed E-state index contributed by atoms with van der Waals surface area (Å²) in [6.45, 7) is 2.80. The van der Waals surface area contributed by atoms with Crippen LogP contribution in [0.25, 0.3) is 4.96 Å².